The van der Waals surface area contributed by atoms with Gasteiger partial charge in [-0.3, -0.25) is 9.97 Å². The first-order chi connectivity index (χ1) is 15.4. The Morgan fingerprint density at radius 3 is 2.42 bits per heavy atom. The zero-order chi connectivity index (χ0) is 22.3. The maximum atomic E-state index is 14.2. The van der Waals surface area contributed by atoms with Gasteiger partial charge in [-0.2, -0.15) is 0 Å². The number of fused-ring (bicyclic) bond motifs is 1. The molecule has 0 aliphatic heterocycles. The van der Waals surface area contributed by atoms with Crippen LogP contribution in [-0.4, -0.2) is 24.5 Å². The minimum atomic E-state index is -0.948. The van der Waals surface area contributed by atoms with Gasteiger partial charge in [-0.1, -0.05) is 59.7 Å². The van der Waals surface area contributed by atoms with Crippen LogP contribution in [0.25, 0.3) is 28.1 Å². The second-order valence-electron chi connectivity index (χ2n) is 7.82. The van der Waals surface area contributed by atoms with Gasteiger partial charge in [-0.25, -0.2) is 8.78 Å². The maximum Gasteiger partial charge on any atom is 2.00 e. The third-order valence-corrected chi connectivity index (χ3v) is 5.38. The molecule has 5 aromatic heterocycles. The number of nitrogens with zero attached hydrogens (tertiary/aromatic N) is 5. The summed E-state index contributed by atoms with van der Waals surface area (Å²) in [4.78, 5) is 17.1. The molecule has 8 heteroatoms. The number of hydrogen-bond acceptors (Lipinski definition) is 4. The van der Waals surface area contributed by atoms with Crippen molar-refractivity contribution in [1.29, 1.82) is 0 Å². The first-order valence-electron chi connectivity index (χ1n) is 9.97. The quantitative estimate of drug-likeness (QED) is 0.208. The molecule has 5 heterocycles. The van der Waals surface area contributed by atoms with Gasteiger partial charge in [0.1, 0.15) is 11.9 Å². The van der Waals surface area contributed by atoms with E-state index in [1.54, 1.807) is 18.3 Å². The van der Waals surface area contributed by atoms with Gasteiger partial charge >= 0.3 is 21.1 Å². The molecular weight excluding hydrogens is 603 g/mol. The van der Waals surface area contributed by atoms with E-state index in [0.29, 0.717) is 17.2 Å². The fourth-order valence-electron chi connectivity index (χ4n) is 3.60. The second-order valence-corrected chi connectivity index (χ2v) is 7.82. The molecule has 0 saturated heterocycles. The largest absolute Gasteiger partial charge is 2.00 e. The van der Waals surface area contributed by atoms with Crippen LogP contribution in [0.5, 0.6) is 0 Å². The predicted molar refractivity (Wildman–Crippen MR) is 116 cm³/mol. The molecule has 0 bridgehead atoms. The van der Waals surface area contributed by atoms with Crippen LogP contribution in [0.2, 0.25) is 0 Å². The van der Waals surface area contributed by atoms with E-state index in [-0.39, 0.29) is 26.6 Å². The Morgan fingerprint density at radius 1 is 0.879 bits per heavy atom. The normalized spacial score (nSPS) is 11.4. The van der Waals surface area contributed by atoms with Gasteiger partial charge in [0.25, 0.3) is 0 Å². The van der Waals surface area contributed by atoms with Crippen molar-refractivity contribution < 1.29 is 29.8 Å². The van der Waals surface area contributed by atoms with E-state index < -0.39 is 17.3 Å². The Morgan fingerprint density at radius 2 is 1.64 bits per heavy atom. The standard InChI is InChI=1S/C25H17F2N5.Pt/c1-25(2,20-8-3-6-17(29-20)16-11-12-22(26)31-24(16)27)21-9-4-10-23(30-21)32-15-13-18-19(32)7-5-14-28-18;/h3-10,12-14H,1-2H3;/q-2;+2. The van der Waals surface area contributed by atoms with Gasteiger partial charge in [0.15, 0.2) is 0 Å². The SMILES string of the molecule is CC(C)(c1cccc(-c2[c-]cc(F)nc2F)n1)c1cccc(-n2[c-]cc3ncccc32)n1.[Pt+2]. The van der Waals surface area contributed by atoms with Crippen molar-refractivity contribution in [2.45, 2.75) is 19.3 Å². The summed E-state index contributed by atoms with van der Waals surface area (Å²) in [5.74, 6) is -1.17. The molecule has 166 valence electrons. The summed E-state index contributed by atoms with van der Waals surface area (Å²) in [6.45, 7) is 3.99. The molecule has 0 atom stereocenters. The molecule has 0 amide bonds. The molecule has 0 saturated carbocycles. The van der Waals surface area contributed by atoms with Crippen LogP contribution in [0.4, 0.5) is 8.78 Å². The van der Waals surface area contributed by atoms with E-state index in [2.05, 4.69) is 27.2 Å². The van der Waals surface area contributed by atoms with Gasteiger partial charge < -0.3 is 14.5 Å². The predicted octanol–water partition coefficient (Wildman–Crippen LogP) is 5.08. The zero-order valence-electron chi connectivity index (χ0n) is 17.7. The summed E-state index contributed by atoms with van der Waals surface area (Å²) < 4.78 is 29.2. The Kier molecular flexibility index (Phi) is 6.17. The van der Waals surface area contributed by atoms with Crippen molar-refractivity contribution in [2.24, 2.45) is 0 Å². The number of halogens is 2. The Balaban J connectivity index is 0.00000259. The number of rotatable bonds is 4. The van der Waals surface area contributed by atoms with E-state index in [4.69, 9.17) is 4.98 Å². The number of pyridine rings is 4. The Bertz CT molecular complexity index is 1450. The van der Waals surface area contributed by atoms with Crippen molar-refractivity contribution in [3.63, 3.8) is 0 Å². The van der Waals surface area contributed by atoms with Gasteiger partial charge in [0.2, 0.25) is 0 Å². The molecule has 33 heavy (non-hydrogen) atoms. The molecule has 5 rings (SSSR count). The van der Waals surface area contributed by atoms with Crippen LogP contribution in [0.1, 0.15) is 25.2 Å². The topological polar surface area (TPSA) is 56.5 Å². The fourth-order valence-corrected chi connectivity index (χ4v) is 3.60. The Labute approximate surface area is 203 Å². The van der Waals surface area contributed by atoms with Crippen LogP contribution in [0.3, 0.4) is 0 Å². The average molecular weight is 621 g/mol. The van der Waals surface area contributed by atoms with Gasteiger partial charge in [-0.05, 0) is 37.2 Å². The van der Waals surface area contributed by atoms with Gasteiger partial charge in [-0.15, -0.1) is 12.1 Å². The van der Waals surface area contributed by atoms with Gasteiger partial charge in [0.05, 0.1) is 5.82 Å². The van der Waals surface area contributed by atoms with Crippen LogP contribution < -0.4 is 0 Å². The summed E-state index contributed by atoms with van der Waals surface area (Å²) in [5.41, 5.74) is 2.95. The Hall–Kier alpha value is -3.31. The molecule has 0 radical (unpaired) electrons. The minimum Gasteiger partial charge on any atom is -0.427 e. The van der Waals surface area contributed by atoms with E-state index in [0.717, 1.165) is 22.8 Å². The third-order valence-electron chi connectivity index (χ3n) is 5.38. The van der Waals surface area contributed by atoms with E-state index in [1.807, 2.05) is 60.9 Å². The van der Waals surface area contributed by atoms with Crippen LogP contribution >= 0.6 is 0 Å². The summed E-state index contributed by atoms with van der Waals surface area (Å²) in [7, 11) is 0. The molecule has 5 nitrogen and oxygen atoms in total. The first-order valence-corrected chi connectivity index (χ1v) is 9.97. The zero-order valence-corrected chi connectivity index (χ0v) is 19.9. The van der Waals surface area contributed by atoms with Crippen LogP contribution in [0.15, 0.2) is 66.9 Å². The van der Waals surface area contributed by atoms with Crippen molar-refractivity contribution in [1.82, 2.24) is 24.5 Å². The smallest absolute Gasteiger partial charge is 0.427 e. The third kappa shape index (κ3) is 4.21. The van der Waals surface area contributed by atoms with Crippen molar-refractivity contribution in [3.05, 3.63) is 102 Å². The molecule has 0 aliphatic carbocycles. The van der Waals surface area contributed by atoms with Crippen molar-refractivity contribution >= 4 is 11.0 Å². The van der Waals surface area contributed by atoms with E-state index in [1.165, 1.54) is 0 Å². The maximum absolute atomic E-state index is 14.2. The van der Waals surface area contributed by atoms with Crippen molar-refractivity contribution in [2.75, 3.05) is 0 Å². The number of aromatic nitrogens is 5. The minimum absolute atomic E-state index is 0. The molecule has 0 aromatic carbocycles. The molecule has 0 aliphatic rings. The summed E-state index contributed by atoms with van der Waals surface area (Å²) in [6.07, 6.45) is 4.92. The average Bonchev–Trinajstić information content (AvgIpc) is 3.23. The molecule has 0 unspecified atom stereocenters. The summed E-state index contributed by atoms with van der Waals surface area (Å²) in [6, 6.07) is 20.3. The molecular formula is C25H17F2N5Pt. The van der Waals surface area contributed by atoms with Crippen LogP contribution in [-0.2, 0) is 26.5 Å². The fraction of sp³-hybridized carbons (Fsp3) is 0.120. The van der Waals surface area contributed by atoms with E-state index >= 15 is 0 Å². The second kappa shape index (κ2) is 8.91. The van der Waals surface area contributed by atoms with Crippen molar-refractivity contribution in [3.8, 4) is 17.1 Å². The number of hydrogen-bond donors (Lipinski definition) is 0. The molecule has 0 N–H and O–H groups in total. The van der Waals surface area contributed by atoms with Crippen LogP contribution in [0, 0.1) is 24.2 Å². The molecule has 0 spiro atoms. The molecule has 0 fully saturated rings. The summed E-state index contributed by atoms with van der Waals surface area (Å²) in [5, 5.41) is 0. The first kappa shape index (κ1) is 22.9. The summed E-state index contributed by atoms with van der Waals surface area (Å²) >= 11 is 0. The van der Waals surface area contributed by atoms with E-state index in [9.17, 15) is 8.78 Å². The monoisotopic (exact) mass is 620 g/mol. The molecule has 5 aromatic rings. The van der Waals surface area contributed by atoms with Gasteiger partial charge in [0, 0.05) is 23.0 Å².